The second kappa shape index (κ2) is 9.09. The Hall–Kier alpha value is -3.19. The number of thiazole rings is 1. The third-order valence-corrected chi connectivity index (χ3v) is 5.97. The van der Waals surface area contributed by atoms with E-state index in [0.29, 0.717) is 38.5 Å². The van der Waals surface area contributed by atoms with Crippen LogP contribution in [0.15, 0.2) is 60.0 Å². The lowest BCUT2D eigenvalue weighted by atomic mass is 10.2. The lowest BCUT2D eigenvalue weighted by molar-refractivity contribution is -0.130. The smallest absolute Gasteiger partial charge is 0.273 e. The van der Waals surface area contributed by atoms with Crippen LogP contribution < -0.4 is 4.74 Å². The Kier molecular flexibility index (Phi) is 6.09. The highest BCUT2D eigenvalue weighted by molar-refractivity contribution is 7.13. The highest BCUT2D eigenvalue weighted by Gasteiger charge is 2.25. The van der Waals surface area contributed by atoms with Crippen molar-refractivity contribution in [1.82, 2.24) is 14.8 Å². The summed E-state index contributed by atoms with van der Waals surface area (Å²) in [6.07, 6.45) is 0. The van der Waals surface area contributed by atoms with Crippen LogP contribution in [-0.4, -0.2) is 52.8 Å². The summed E-state index contributed by atoms with van der Waals surface area (Å²) in [7, 11) is 0. The number of hydrogen-bond acceptors (Lipinski definition) is 5. The van der Waals surface area contributed by atoms with Crippen LogP contribution in [-0.2, 0) is 11.4 Å². The molecule has 0 spiro atoms. The van der Waals surface area contributed by atoms with Gasteiger partial charge in [-0.05, 0) is 17.7 Å². The molecule has 0 bridgehead atoms. The average Bonchev–Trinajstić information content (AvgIpc) is 3.28. The van der Waals surface area contributed by atoms with E-state index >= 15 is 0 Å². The van der Waals surface area contributed by atoms with Crippen LogP contribution in [0.4, 0.5) is 0 Å². The summed E-state index contributed by atoms with van der Waals surface area (Å²) >= 11 is 1.43. The number of rotatable bonds is 5. The molecule has 1 saturated heterocycles. The van der Waals surface area contributed by atoms with E-state index in [1.807, 2.05) is 54.6 Å². The summed E-state index contributed by atoms with van der Waals surface area (Å²) in [5.41, 5.74) is 2.40. The van der Waals surface area contributed by atoms with Gasteiger partial charge < -0.3 is 14.5 Å². The fourth-order valence-electron chi connectivity index (χ4n) is 3.39. The van der Waals surface area contributed by atoms with Gasteiger partial charge in [0.25, 0.3) is 5.91 Å². The molecule has 7 heteroatoms. The Morgan fingerprint density at radius 3 is 2.37 bits per heavy atom. The summed E-state index contributed by atoms with van der Waals surface area (Å²) in [5, 5.41) is 2.55. The third kappa shape index (κ3) is 4.52. The van der Waals surface area contributed by atoms with Crippen molar-refractivity contribution >= 4 is 23.2 Å². The Bertz CT molecular complexity index is 1030. The van der Waals surface area contributed by atoms with Gasteiger partial charge in [0.05, 0.1) is 5.56 Å². The molecule has 0 radical (unpaired) electrons. The fourth-order valence-corrected chi connectivity index (χ4v) is 4.21. The van der Waals surface area contributed by atoms with E-state index in [1.54, 1.807) is 22.1 Å². The summed E-state index contributed by atoms with van der Waals surface area (Å²) in [4.78, 5) is 32.4. The zero-order valence-corrected chi connectivity index (χ0v) is 17.6. The van der Waals surface area contributed by atoms with Gasteiger partial charge in [0.2, 0.25) is 5.91 Å². The second-order valence-electron chi connectivity index (χ2n) is 7.11. The molecular weight excluding hydrogens is 398 g/mol. The monoisotopic (exact) mass is 421 g/mol. The number of piperazine rings is 1. The maximum absolute atomic E-state index is 12.9. The van der Waals surface area contributed by atoms with E-state index in [4.69, 9.17) is 4.74 Å². The first-order valence-corrected chi connectivity index (χ1v) is 10.8. The van der Waals surface area contributed by atoms with E-state index in [0.717, 1.165) is 21.9 Å². The van der Waals surface area contributed by atoms with Gasteiger partial charge >= 0.3 is 0 Å². The molecule has 1 aliphatic heterocycles. The number of ether oxygens (including phenoxy) is 1. The van der Waals surface area contributed by atoms with Gasteiger partial charge in [-0.2, -0.15) is 0 Å². The van der Waals surface area contributed by atoms with Crippen LogP contribution >= 0.6 is 11.3 Å². The molecule has 1 aliphatic rings. The van der Waals surface area contributed by atoms with E-state index in [1.165, 1.54) is 11.3 Å². The first-order valence-electron chi connectivity index (χ1n) is 9.88. The number of para-hydroxylation sites is 1. The van der Waals surface area contributed by atoms with Gasteiger partial charge in [0, 0.05) is 38.5 Å². The molecule has 154 valence electrons. The summed E-state index contributed by atoms with van der Waals surface area (Å²) in [5.74, 6) is 0.693. The van der Waals surface area contributed by atoms with Gasteiger partial charge in [-0.25, -0.2) is 4.98 Å². The Morgan fingerprint density at radius 2 is 1.63 bits per heavy atom. The van der Waals surface area contributed by atoms with Crippen molar-refractivity contribution in [3.8, 4) is 16.3 Å². The molecule has 0 unspecified atom stereocenters. The quantitative estimate of drug-likeness (QED) is 0.630. The number of amides is 2. The number of hydrogen-bond donors (Lipinski definition) is 0. The topological polar surface area (TPSA) is 62.7 Å². The number of aromatic nitrogens is 1. The second-order valence-corrected chi connectivity index (χ2v) is 7.96. The number of benzene rings is 2. The first-order chi connectivity index (χ1) is 14.6. The average molecular weight is 422 g/mol. The third-order valence-electron chi connectivity index (χ3n) is 5.09. The van der Waals surface area contributed by atoms with Crippen molar-refractivity contribution in [2.24, 2.45) is 0 Å². The Morgan fingerprint density at radius 1 is 0.967 bits per heavy atom. The predicted molar refractivity (Wildman–Crippen MR) is 116 cm³/mol. The van der Waals surface area contributed by atoms with Crippen LogP contribution in [0.25, 0.3) is 10.6 Å². The molecule has 3 aromatic rings. The SMILES string of the molecule is CC(=O)N1CCN(C(=O)c2csc(-c3ccccc3OCc3ccccc3)n2)CC1. The minimum absolute atomic E-state index is 0.0464. The van der Waals surface area contributed by atoms with Gasteiger partial charge in [-0.1, -0.05) is 42.5 Å². The van der Waals surface area contributed by atoms with Crippen LogP contribution in [0, 0.1) is 0 Å². The largest absolute Gasteiger partial charge is 0.488 e. The highest BCUT2D eigenvalue weighted by Crippen LogP contribution is 2.33. The molecule has 4 rings (SSSR count). The molecule has 1 aromatic heterocycles. The molecule has 0 aliphatic carbocycles. The molecule has 1 fully saturated rings. The van der Waals surface area contributed by atoms with E-state index in [9.17, 15) is 9.59 Å². The van der Waals surface area contributed by atoms with E-state index in [-0.39, 0.29) is 11.8 Å². The maximum atomic E-state index is 12.9. The molecule has 2 amide bonds. The predicted octanol–water partition coefficient (Wildman–Crippen LogP) is 3.69. The van der Waals surface area contributed by atoms with Gasteiger partial charge in [-0.3, -0.25) is 9.59 Å². The standard InChI is InChI=1S/C23H23N3O3S/c1-17(27)25-11-13-26(14-12-25)23(28)20-16-30-22(24-20)19-9-5-6-10-21(19)29-15-18-7-3-2-4-8-18/h2-10,16H,11-15H2,1H3. The molecule has 0 atom stereocenters. The van der Waals surface area contributed by atoms with Crippen LogP contribution in [0.3, 0.4) is 0 Å². The first kappa shape index (κ1) is 20.1. The lowest BCUT2D eigenvalue weighted by Gasteiger charge is -2.33. The lowest BCUT2D eigenvalue weighted by Crippen LogP contribution is -2.50. The molecular formula is C23H23N3O3S. The summed E-state index contributed by atoms with van der Waals surface area (Å²) in [6, 6.07) is 17.7. The van der Waals surface area contributed by atoms with Crippen LogP contribution in [0.5, 0.6) is 5.75 Å². The van der Waals surface area contributed by atoms with Crippen molar-refractivity contribution in [2.45, 2.75) is 13.5 Å². The minimum atomic E-state index is -0.0941. The van der Waals surface area contributed by atoms with Gasteiger partial charge in [0.1, 0.15) is 23.1 Å². The molecule has 0 saturated carbocycles. The number of carbonyl (C=O) groups is 2. The highest BCUT2D eigenvalue weighted by atomic mass is 32.1. The molecule has 30 heavy (non-hydrogen) atoms. The Balaban J connectivity index is 1.46. The van der Waals surface area contributed by atoms with Gasteiger partial charge in [-0.15, -0.1) is 11.3 Å². The van der Waals surface area contributed by atoms with Crippen molar-refractivity contribution in [1.29, 1.82) is 0 Å². The van der Waals surface area contributed by atoms with Crippen LogP contribution in [0.1, 0.15) is 23.0 Å². The molecule has 2 heterocycles. The molecule has 6 nitrogen and oxygen atoms in total. The van der Waals surface area contributed by atoms with Crippen molar-refractivity contribution in [3.05, 3.63) is 71.2 Å². The molecule has 0 N–H and O–H groups in total. The van der Waals surface area contributed by atoms with Crippen LogP contribution in [0.2, 0.25) is 0 Å². The molecule has 2 aromatic carbocycles. The normalized spacial score (nSPS) is 13.9. The van der Waals surface area contributed by atoms with E-state index in [2.05, 4.69) is 4.98 Å². The fraction of sp³-hybridized carbons (Fsp3) is 0.261. The maximum Gasteiger partial charge on any atom is 0.273 e. The minimum Gasteiger partial charge on any atom is -0.488 e. The van der Waals surface area contributed by atoms with E-state index < -0.39 is 0 Å². The zero-order chi connectivity index (χ0) is 20.9. The Labute approximate surface area is 179 Å². The number of nitrogens with zero attached hydrogens (tertiary/aromatic N) is 3. The number of carbonyl (C=O) groups excluding carboxylic acids is 2. The van der Waals surface area contributed by atoms with Crippen molar-refractivity contribution < 1.29 is 14.3 Å². The van der Waals surface area contributed by atoms with Crippen molar-refractivity contribution in [2.75, 3.05) is 26.2 Å². The zero-order valence-electron chi connectivity index (χ0n) is 16.8. The summed E-state index contributed by atoms with van der Waals surface area (Å²) in [6.45, 7) is 4.21. The van der Waals surface area contributed by atoms with Crippen molar-refractivity contribution in [3.63, 3.8) is 0 Å². The summed E-state index contributed by atoms with van der Waals surface area (Å²) < 4.78 is 6.03. The van der Waals surface area contributed by atoms with Gasteiger partial charge in [0.15, 0.2) is 0 Å².